The molecule has 0 aromatic rings. The molecule has 0 spiro atoms. The second-order valence-corrected chi connectivity index (χ2v) is 4.82. The lowest BCUT2D eigenvalue weighted by Crippen LogP contribution is -2.46. The molecule has 3 heteroatoms. The lowest BCUT2D eigenvalue weighted by Gasteiger charge is -2.25. The lowest BCUT2D eigenvalue weighted by molar-refractivity contribution is -0.624. The van der Waals surface area contributed by atoms with Crippen molar-refractivity contribution in [3.63, 3.8) is 0 Å². The molecule has 1 fully saturated rings. The van der Waals surface area contributed by atoms with Crippen molar-refractivity contribution in [1.29, 1.82) is 0 Å². The highest BCUT2D eigenvalue weighted by molar-refractivity contribution is 5.16. The number of fused-ring (bicyclic) bond motifs is 1. The van der Waals surface area contributed by atoms with Gasteiger partial charge in [0.25, 0.3) is 6.17 Å². The Bertz CT molecular complexity index is 270. The molecule has 2 aliphatic heterocycles. The summed E-state index contributed by atoms with van der Waals surface area (Å²) in [7, 11) is 0. The zero-order valence-corrected chi connectivity index (χ0v) is 8.67. The van der Waals surface area contributed by atoms with Gasteiger partial charge in [-0.05, 0) is 10.5 Å². The molecule has 0 aromatic carbocycles. The van der Waals surface area contributed by atoms with Crippen molar-refractivity contribution in [1.82, 2.24) is 5.32 Å². The van der Waals surface area contributed by atoms with Gasteiger partial charge in [-0.2, -0.15) is 0 Å². The van der Waals surface area contributed by atoms with E-state index in [1.165, 1.54) is 12.0 Å². The zero-order chi connectivity index (χ0) is 9.47. The Morgan fingerprint density at radius 2 is 2.31 bits per heavy atom. The maximum Gasteiger partial charge on any atom is 0.256 e. The van der Waals surface area contributed by atoms with Gasteiger partial charge in [0.1, 0.15) is 6.20 Å². The van der Waals surface area contributed by atoms with E-state index in [4.69, 9.17) is 0 Å². The first-order valence-electron chi connectivity index (χ1n) is 5.00. The van der Waals surface area contributed by atoms with Crippen molar-refractivity contribution in [3.05, 3.63) is 11.8 Å². The third-order valence-corrected chi connectivity index (χ3v) is 2.71. The van der Waals surface area contributed by atoms with Crippen LogP contribution in [0.15, 0.2) is 16.9 Å². The summed E-state index contributed by atoms with van der Waals surface area (Å²) < 4.78 is 2.16. The van der Waals surface area contributed by atoms with Crippen LogP contribution in [0.4, 0.5) is 0 Å². The fraction of sp³-hybridized carbons (Fsp3) is 0.800. The van der Waals surface area contributed by atoms with Crippen LogP contribution in [0.3, 0.4) is 0 Å². The number of nitrogens with one attached hydrogen (secondary N) is 1. The number of hydrogen-bond acceptors (Lipinski definition) is 2. The van der Waals surface area contributed by atoms with Crippen LogP contribution in [0.25, 0.3) is 0 Å². The first kappa shape index (κ1) is 8.88. The summed E-state index contributed by atoms with van der Waals surface area (Å²) in [5.41, 5.74) is 1.64. The molecule has 0 bridgehead atoms. The topological polar surface area (TPSA) is 27.4 Å². The summed E-state index contributed by atoms with van der Waals surface area (Å²) in [4.78, 5) is 0. The van der Waals surface area contributed by atoms with Crippen molar-refractivity contribution >= 4 is 0 Å². The van der Waals surface area contributed by atoms with E-state index >= 15 is 0 Å². The number of nitrogens with zero attached hydrogens (tertiary/aromatic N) is 2. The van der Waals surface area contributed by atoms with Crippen molar-refractivity contribution in [2.24, 2.45) is 10.5 Å². The van der Waals surface area contributed by atoms with E-state index in [0.717, 1.165) is 13.1 Å². The van der Waals surface area contributed by atoms with Crippen molar-refractivity contribution in [2.75, 3.05) is 13.1 Å². The maximum atomic E-state index is 4.41. The Morgan fingerprint density at radius 1 is 1.54 bits per heavy atom. The van der Waals surface area contributed by atoms with Gasteiger partial charge in [-0.25, -0.2) is 0 Å². The summed E-state index contributed by atoms with van der Waals surface area (Å²) in [6.45, 7) is 8.94. The molecular weight excluding hydrogens is 162 g/mol. The van der Waals surface area contributed by atoms with Crippen LogP contribution in [0, 0.1) is 5.41 Å². The molecule has 1 saturated heterocycles. The molecule has 72 valence electrons. The summed E-state index contributed by atoms with van der Waals surface area (Å²) in [5, 5.41) is 7.92. The third-order valence-electron chi connectivity index (χ3n) is 2.71. The van der Waals surface area contributed by atoms with Gasteiger partial charge in [-0.1, -0.05) is 20.8 Å². The molecular formula is C10H18N3+. The fourth-order valence-corrected chi connectivity index (χ4v) is 1.92. The van der Waals surface area contributed by atoms with E-state index < -0.39 is 0 Å². The van der Waals surface area contributed by atoms with Crippen LogP contribution in [0.2, 0.25) is 0 Å². The monoisotopic (exact) mass is 180 g/mol. The second kappa shape index (κ2) is 2.91. The zero-order valence-electron chi connectivity index (χ0n) is 8.67. The molecule has 0 saturated carbocycles. The molecule has 0 aliphatic carbocycles. The Kier molecular flexibility index (Phi) is 1.99. The van der Waals surface area contributed by atoms with Gasteiger partial charge in [0, 0.05) is 18.5 Å². The van der Waals surface area contributed by atoms with Crippen LogP contribution >= 0.6 is 0 Å². The number of azo groups is 2. The van der Waals surface area contributed by atoms with E-state index in [1.54, 1.807) is 0 Å². The van der Waals surface area contributed by atoms with Gasteiger partial charge in [0.15, 0.2) is 6.54 Å². The van der Waals surface area contributed by atoms with E-state index in [9.17, 15) is 0 Å². The summed E-state index contributed by atoms with van der Waals surface area (Å²) in [5.74, 6) is 0. The smallest absolute Gasteiger partial charge is 0.253 e. The normalized spacial score (nSPS) is 28.1. The predicted octanol–water partition coefficient (Wildman–Crippen LogP) is 1.71. The van der Waals surface area contributed by atoms with Crippen LogP contribution in [-0.2, 0) is 0 Å². The van der Waals surface area contributed by atoms with Crippen molar-refractivity contribution < 1.29 is 4.70 Å². The third kappa shape index (κ3) is 1.53. The largest absolute Gasteiger partial charge is 0.256 e. The van der Waals surface area contributed by atoms with Crippen LogP contribution in [0.1, 0.15) is 27.2 Å². The molecule has 1 atom stereocenters. The summed E-state index contributed by atoms with van der Waals surface area (Å²) >= 11 is 0. The van der Waals surface area contributed by atoms with E-state index in [2.05, 4.69) is 35.9 Å². The molecule has 0 radical (unpaired) electrons. The first-order chi connectivity index (χ1) is 6.09. The minimum Gasteiger partial charge on any atom is -0.253 e. The highest BCUT2D eigenvalue weighted by atomic mass is 15.4. The Labute approximate surface area is 79.5 Å². The molecule has 2 rings (SSSR count). The summed E-state index contributed by atoms with van der Waals surface area (Å²) in [6.07, 6.45) is 3.60. The molecule has 1 N–H and O–H groups in total. The average Bonchev–Trinajstić information content (AvgIpc) is 2.45. The van der Waals surface area contributed by atoms with Gasteiger partial charge in [0.2, 0.25) is 0 Å². The molecule has 2 aliphatic rings. The Balaban J connectivity index is 2.19. The van der Waals surface area contributed by atoms with E-state index in [-0.39, 0.29) is 5.41 Å². The standard InChI is InChI=1S/C10H18N3/c1-10(2,3)8-7-12-13-6-4-5-11-9(8)13/h7,9,11H,4-6H2,1-3H3/q+1. The number of rotatable bonds is 0. The van der Waals surface area contributed by atoms with E-state index in [1.807, 2.05) is 6.20 Å². The molecule has 1 unspecified atom stereocenters. The SMILES string of the molecule is CC(C)(C)C1=CN=[N+]2CCCNC12. The van der Waals surface area contributed by atoms with Gasteiger partial charge in [-0.15, -0.1) is 4.70 Å². The highest BCUT2D eigenvalue weighted by Crippen LogP contribution is 2.32. The minimum atomic E-state index is 0.229. The molecule has 13 heavy (non-hydrogen) atoms. The quantitative estimate of drug-likeness (QED) is 0.565. The number of hydrogen-bond donors (Lipinski definition) is 1. The van der Waals surface area contributed by atoms with E-state index in [0.29, 0.717) is 6.17 Å². The van der Waals surface area contributed by atoms with Crippen LogP contribution in [0.5, 0.6) is 0 Å². The van der Waals surface area contributed by atoms with Gasteiger partial charge >= 0.3 is 0 Å². The first-order valence-corrected chi connectivity index (χ1v) is 5.00. The highest BCUT2D eigenvalue weighted by Gasteiger charge is 2.39. The molecule has 0 aromatic heterocycles. The molecule has 3 nitrogen and oxygen atoms in total. The fourth-order valence-electron chi connectivity index (χ4n) is 1.92. The summed E-state index contributed by atoms with van der Waals surface area (Å²) in [6, 6.07) is 0. The second-order valence-electron chi connectivity index (χ2n) is 4.82. The Morgan fingerprint density at radius 3 is 3.00 bits per heavy atom. The van der Waals surface area contributed by atoms with Crippen molar-refractivity contribution in [3.8, 4) is 0 Å². The predicted molar refractivity (Wildman–Crippen MR) is 51.5 cm³/mol. The maximum absolute atomic E-state index is 4.41. The van der Waals surface area contributed by atoms with Gasteiger partial charge in [-0.3, -0.25) is 5.32 Å². The van der Waals surface area contributed by atoms with Crippen LogP contribution in [-0.4, -0.2) is 24.0 Å². The molecule has 2 heterocycles. The van der Waals surface area contributed by atoms with Crippen molar-refractivity contribution in [2.45, 2.75) is 33.4 Å². The minimum absolute atomic E-state index is 0.229. The average molecular weight is 180 g/mol. The Hall–Kier alpha value is -0.700. The molecule has 0 amide bonds. The van der Waals surface area contributed by atoms with Gasteiger partial charge < -0.3 is 0 Å². The lowest BCUT2D eigenvalue weighted by atomic mass is 9.85. The van der Waals surface area contributed by atoms with Crippen LogP contribution < -0.4 is 5.32 Å². The van der Waals surface area contributed by atoms with Gasteiger partial charge in [0.05, 0.1) is 0 Å².